The number of ether oxygens (including phenoxy) is 1. The number of hydrogen-bond acceptors (Lipinski definition) is 3. The zero-order valence-electron chi connectivity index (χ0n) is 12.3. The van der Waals surface area contributed by atoms with Gasteiger partial charge in [0, 0.05) is 10.6 Å². The third-order valence-electron chi connectivity index (χ3n) is 3.56. The molecule has 0 aromatic heterocycles. The van der Waals surface area contributed by atoms with Gasteiger partial charge < -0.3 is 4.74 Å². The number of methoxy groups -OCH3 is 1. The van der Waals surface area contributed by atoms with E-state index in [1.54, 1.807) is 36.4 Å². The first-order valence-electron chi connectivity index (χ1n) is 6.82. The molecule has 0 unspecified atom stereocenters. The molecule has 0 N–H and O–H groups in total. The van der Waals surface area contributed by atoms with Gasteiger partial charge in [-0.2, -0.15) is 0 Å². The first kappa shape index (κ1) is 16.8. The van der Waals surface area contributed by atoms with Crippen LogP contribution >= 0.6 is 34.8 Å². The van der Waals surface area contributed by atoms with Crippen LogP contribution in [0.1, 0.15) is 5.56 Å². The normalized spacial score (nSPS) is 14.6. The molecule has 0 aliphatic carbocycles. The van der Waals surface area contributed by atoms with E-state index in [1.807, 2.05) is 0 Å². The molecule has 7 heteroatoms. The summed E-state index contributed by atoms with van der Waals surface area (Å²) in [6, 6.07) is 11.1. The van der Waals surface area contributed by atoms with Gasteiger partial charge in [-0.15, -0.1) is 0 Å². The van der Waals surface area contributed by atoms with Gasteiger partial charge in [-0.25, -0.2) is 4.90 Å². The van der Waals surface area contributed by atoms with Crippen LogP contribution in [0.5, 0.6) is 5.75 Å². The Morgan fingerprint density at radius 2 is 1.58 bits per heavy atom. The number of rotatable bonds is 3. The third-order valence-corrected chi connectivity index (χ3v) is 4.46. The van der Waals surface area contributed by atoms with E-state index in [0.29, 0.717) is 22.0 Å². The van der Waals surface area contributed by atoms with Crippen LogP contribution in [0, 0.1) is 0 Å². The van der Waals surface area contributed by atoms with Crippen LogP contribution in [0.3, 0.4) is 0 Å². The van der Waals surface area contributed by atoms with Crippen molar-refractivity contribution in [2.45, 2.75) is 0 Å². The number of imide groups is 1. The highest BCUT2D eigenvalue weighted by Gasteiger charge is 2.39. The maximum atomic E-state index is 12.8. The molecule has 1 heterocycles. The van der Waals surface area contributed by atoms with Crippen molar-refractivity contribution in [3.63, 3.8) is 0 Å². The van der Waals surface area contributed by atoms with Crippen molar-refractivity contribution < 1.29 is 14.3 Å². The summed E-state index contributed by atoms with van der Waals surface area (Å²) in [5, 5.41) is 0.484. The van der Waals surface area contributed by atoms with Gasteiger partial charge in [-0.3, -0.25) is 9.59 Å². The minimum atomic E-state index is -0.604. The lowest BCUT2D eigenvalue weighted by molar-refractivity contribution is -0.119. The number of halogens is 3. The van der Waals surface area contributed by atoms with Gasteiger partial charge in [0.25, 0.3) is 11.8 Å². The molecule has 0 fully saturated rings. The number of benzene rings is 2. The highest BCUT2D eigenvalue weighted by molar-refractivity contribution is 6.60. The molecule has 1 aliphatic heterocycles. The topological polar surface area (TPSA) is 46.6 Å². The van der Waals surface area contributed by atoms with E-state index in [9.17, 15) is 9.59 Å². The van der Waals surface area contributed by atoms with Crippen molar-refractivity contribution in [3.8, 4) is 5.75 Å². The Bertz CT molecular complexity index is 875. The summed E-state index contributed by atoms with van der Waals surface area (Å²) >= 11 is 18.1. The molecule has 0 bridgehead atoms. The van der Waals surface area contributed by atoms with E-state index in [0.717, 1.165) is 4.90 Å². The molecule has 2 aromatic rings. The van der Waals surface area contributed by atoms with E-state index in [4.69, 9.17) is 39.5 Å². The fraction of sp³-hybridized carbons (Fsp3) is 0.0588. The molecule has 0 atom stereocenters. The van der Waals surface area contributed by atoms with Gasteiger partial charge in [-0.1, -0.05) is 40.9 Å². The molecule has 24 heavy (non-hydrogen) atoms. The SMILES string of the molecule is COc1ccc(N2C(=O)C(Cl)=C(c3ccc(Cl)cc3Cl)C2=O)cc1. The van der Waals surface area contributed by atoms with Crippen molar-refractivity contribution >= 4 is 57.9 Å². The molecule has 0 radical (unpaired) electrons. The van der Waals surface area contributed by atoms with Crippen molar-refractivity contribution in [2.75, 3.05) is 12.0 Å². The summed E-state index contributed by atoms with van der Waals surface area (Å²) in [5.74, 6) is -0.537. The lowest BCUT2D eigenvalue weighted by Crippen LogP contribution is -2.31. The van der Waals surface area contributed by atoms with Crippen LogP contribution in [0.15, 0.2) is 47.5 Å². The Labute approximate surface area is 153 Å². The Morgan fingerprint density at radius 1 is 0.917 bits per heavy atom. The first-order valence-corrected chi connectivity index (χ1v) is 7.95. The Balaban J connectivity index is 2.04. The Hall–Kier alpha value is -2.01. The van der Waals surface area contributed by atoms with Crippen LogP contribution in [0.4, 0.5) is 5.69 Å². The summed E-state index contributed by atoms with van der Waals surface area (Å²) in [4.78, 5) is 26.2. The number of hydrogen-bond donors (Lipinski definition) is 0. The molecular weight excluding hydrogens is 373 g/mol. The summed E-state index contributed by atoms with van der Waals surface area (Å²) in [6.07, 6.45) is 0. The lowest BCUT2D eigenvalue weighted by Gasteiger charge is -2.15. The lowest BCUT2D eigenvalue weighted by atomic mass is 10.1. The summed E-state index contributed by atoms with van der Waals surface area (Å²) in [7, 11) is 1.53. The van der Waals surface area contributed by atoms with Gasteiger partial charge in [0.15, 0.2) is 0 Å². The monoisotopic (exact) mass is 381 g/mol. The molecule has 122 valence electrons. The van der Waals surface area contributed by atoms with Gasteiger partial charge in [0.05, 0.1) is 23.4 Å². The van der Waals surface area contributed by atoms with E-state index in [2.05, 4.69) is 0 Å². The standard InChI is InChI=1S/C17H10Cl3NO3/c1-24-11-5-3-10(4-6-11)21-16(22)14(15(20)17(21)23)12-7-2-9(18)8-13(12)19/h2-8H,1H3. The van der Waals surface area contributed by atoms with Crippen LogP contribution in [-0.2, 0) is 9.59 Å². The number of nitrogens with zero attached hydrogens (tertiary/aromatic N) is 1. The summed E-state index contributed by atoms with van der Waals surface area (Å²) in [5.41, 5.74) is 0.809. The molecule has 0 spiro atoms. The smallest absolute Gasteiger partial charge is 0.277 e. The third kappa shape index (κ3) is 2.77. The molecule has 2 amide bonds. The number of amides is 2. The summed E-state index contributed by atoms with van der Waals surface area (Å²) < 4.78 is 5.07. The highest BCUT2D eigenvalue weighted by atomic mass is 35.5. The molecule has 1 aliphatic rings. The predicted molar refractivity (Wildman–Crippen MR) is 94.7 cm³/mol. The number of carbonyl (C=O) groups excluding carboxylic acids is 2. The molecular formula is C17H10Cl3NO3. The predicted octanol–water partition coefficient (Wildman–Crippen LogP) is 4.53. The minimum Gasteiger partial charge on any atom is -0.497 e. The van der Waals surface area contributed by atoms with Crippen molar-refractivity contribution in [1.29, 1.82) is 0 Å². The highest BCUT2D eigenvalue weighted by Crippen LogP contribution is 2.38. The zero-order valence-corrected chi connectivity index (χ0v) is 14.6. The molecule has 3 rings (SSSR count). The second-order valence-electron chi connectivity index (χ2n) is 4.96. The molecule has 4 nitrogen and oxygen atoms in total. The minimum absolute atomic E-state index is 0.0548. The maximum Gasteiger partial charge on any atom is 0.277 e. The number of anilines is 1. The van der Waals surface area contributed by atoms with Crippen LogP contribution in [0.25, 0.3) is 5.57 Å². The van der Waals surface area contributed by atoms with Crippen LogP contribution < -0.4 is 9.64 Å². The maximum absolute atomic E-state index is 12.8. The van der Waals surface area contributed by atoms with Gasteiger partial charge in [0.1, 0.15) is 10.8 Å². The van der Waals surface area contributed by atoms with E-state index in [1.165, 1.54) is 13.2 Å². The zero-order chi connectivity index (χ0) is 17.4. The van der Waals surface area contributed by atoms with Gasteiger partial charge in [0.2, 0.25) is 0 Å². The van der Waals surface area contributed by atoms with E-state index in [-0.39, 0.29) is 15.6 Å². The molecule has 0 saturated carbocycles. The average Bonchev–Trinajstić information content (AvgIpc) is 2.78. The van der Waals surface area contributed by atoms with Gasteiger partial charge >= 0.3 is 0 Å². The van der Waals surface area contributed by atoms with Gasteiger partial charge in [-0.05, 0) is 36.4 Å². The van der Waals surface area contributed by atoms with Crippen molar-refractivity contribution in [1.82, 2.24) is 0 Å². The van der Waals surface area contributed by atoms with Crippen molar-refractivity contribution in [2.24, 2.45) is 0 Å². The average molecular weight is 383 g/mol. The van der Waals surface area contributed by atoms with Crippen LogP contribution in [0.2, 0.25) is 10.0 Å². The molecule has 2 aromatic carbocycles. The van der Waals surface area contributed by atoms with E-state index < -0.39 is 11.8 Å². The van der Waals surface area contributed by atoms with Crippen molar-refractivity contribution in [3.05, 3.63) is 63.1 Å². The molecule has 0 saturated heterocycles. The fourth-order valence-electron chi connectivity index (χ4n) is 2.39. The fourth-order valence-corrected chi connectivity index (χ4v) is 3.16. The largest absolute Gasteiger partial charge is 0.497 e. The van der Waals surface area contributed by atoms with E-state index >= 15 is 0 Å². The summed E-state index contributed by atoms with van der Waals surface area (Å²) in [6.45, 7) is 0. The quantitative estimate of drug-likeness (QED) is 0.733. The number of carbonyl (C=O) groups is 2. The first-order chi connectivity index (χ1) is 11.4. The second kappa shape index (κ2) is 6.48. The Morgan fingerprint density at radius 3 is 2.17 bits per heavy atom. The Kier molecular flexibility index (Phi) is 4.54. The van der Waals surface area contributed by atoms with Crippen LogP contribution in [-0.4, -0.2) is 18.9 Å². The second-order valence-corrected chi connectivity index (χ2v) is 6.18.